The number of amides is 1. The summed E-state index contributed by atoms with van der Waals surface area (Å²) in [6, 6.07) is 6.85. The van der Waals surface area contributed by atoms with Crippen LogP contribution in [0.2, 0.25) is 0 Å². The largest absolute Gasteiger partial charge is 0.497 e. The van der Waals surface area contributed by atoms with Gasteiger partial charge in [-0.1, -0.05) is 12.1 Å². The molecule has 5 N–H and O–H groups in total. The van der Waals surface area contributed by atoms with E-state index in [2.05, 4.69) is 0 Å². The van der Waals surface area contributed by atoms with Crippen LogP contribution in [0.15, 0.2) is 24.3 Å². The lowest BCUT2D eigenvalue weighted by atomic mass is 10.2. The van der Waals surface area contributed by atoms with E-state index in [-0.39, 0.29) is 19.8 Å². The van der Waals surface area contributed by atoms with Gasteiger partial charge in [0.2, 0.25) is 10.0 Å². The second-order valence-electron chi connectivity index (χ2n) is 6.32. The average Bonchev–Trinajstić information content (AvgIpc) is 2.73. The number of aliphatic hydroxyl groups is 3. The molecule has 0 radical (unpaired) electrons. The number of ether oxygens (including phenoxy) is 2. The fraction of sp³-hybridized carbons (Fsp3) is 0.632. The smallest absolute Gasteiger partial charge is 0.423 e. The summed E-state index contributed by atoms with van der Waals surface area (Å²) in [6.07, 6.45) is -0.957. The monoisotopic (exact) mass is 516 g/mol. The third kappa shape index (κ3) is 12.7. The molecule has 14 heteroatoms. The van der Waals surface area contributed by atoms with E-state index >= 15 is 0 Å². The Kier molecular flexibility index (Phi) is 16.7. The van der Waals surface area contributed by atoms with Crippen molar-refractivity contribution in [2.45, 2.75) is 45.1 Å². The molecule has 2 unspecified atom stereocenters. The molecule has 1 aromatic rings. The maximum atomic E-state index is 11.8. The van der Waals surface area contributed by atoms with Gasteiger partial charge in [0.05, 0.1) is 19.5 Å². The third-order valence-corrected chi connectivity index (χ3v) is 7.46. The van der Waals surface area contributed by atoms with Crippen LogP contribution in [0.1, 0.15) is 33.3 Å². The number of nitrogens with two attached hydrogens (primary N) is 1. The van der Waals surface area contributed by atoms with Crippen molar-refractivity contribution < 1.29 is 46.4 Å². The number of methoxy groups -OCH3 is 1. The van der Waals surface area contributed by atoms with Crippen molar-refractivity contribution >= 4 is 26.0 Å². The fourth-order valence-electron chi connectivity index (χ4n) is 1.91. The second-order valence-corrected chi connectivity index (χ2v) is 10.9. The summed E-state index contributed by atoms with van der Waals surface area (Å²) < 4.78 is 55.4. The predicted octanol–water partition coefficient (Wildman–Crippen LogP) is 0.0186. The van der Waals surface area contributed by atoms with Crippen molar-refractivity contribution in [2.75, 3.05) is 32.6 Å². The van der Waals surface area contributed by atoms with Gasteiger partial charge in [0.1, 0.15) is 17.7 Å². The Bertz CT molecular complexity index is 856. The summed E-state index contributed by atoms with van der Waals surface area (Å²) in [6.45, 7) is 5.30. The molecule has 0 aliphatic rings. The van der Waals surface area contributed by atoms with E-state index in [1.54, 1.807) is 38.3 Å². The minimum Gasteiger partial charge on any atom is -0.497 e. The molecule has 194 valence electrons. The van der Waals surface area contributed by atoms with Gasteiger partial charge in [0.15, 0.2) is 15.3 Å². The Morgan fingerprint density at radius 2 is 1.58 bits per heavy atom. The van der Waals surface area contributed by atoms with Crippen LogP contribution in [-0.4, -0.2) is 86.0 Å². The van der Waals surface area contributed by atoms with E-state index in [4.69, 9.17) is 30.5 Å². The van der Waals surface area contributed by atoms with Gasteiger partial charge in [-0.15, -0.1) is 0 Å². The zero-order valence-corrected chi connectivity index (χ0v) is 21.2. The lowest BCUT2D eigenvalue weighted by molar-refractivity contribution is 0.120. The number of rotatable bonds is 9. The lowest BCUT2D eigenvalue weighted by Crippen LogP contribution is -2.39. The number of hydrogen-bond donors (Lipinski definition) is 4. The molecule has 2 atom stereocenters. The molecule has 0 aromatic heterocycles. The van der Waals surface area contributed by atoms with Gasteiger partial charge < -0.3 is 30.5 Å². The normalized spacial score (nSPS) is 12.8. The molecule has 1 amide bonds. The van der Waals surface area contributed by atoms with Crippen LogP contribution in [0.4, 0.5) is 4.79 Å². The van der Waals surface area contributed by atoms with Gasteiger partial charge >= 0.3 is 6.09 Å². The quantitative estimate of drug-likeness (QED) is 0.345. The Balaban J connectivity index is 0. The lowest BCUT2D eigenvalue weighted by Gasteiger charge is -2.19. The summed E-state index contributed by atoms with van der Waals surface area (Å²) in [7, 11) is -5.79. The number of sulfone groups is 1. The third-order valence-electron chi connectivity index (χ3n) is 3.69. The number of sulfonamides is 1. The van der Waals surface area contributed by atoms with Gasteiger partial charge in [-0.05, 0) is 45.4 Å². The highest BCUT2D eigenvalue weighted by Gasteiger charge is 2.26. The molecular weight excluding hydrogens is 480 g/mol. The van der Waals surface area contributed by atoms with Crippen molar-refractivity contribution in [3.8, 4) is 5.75 Å². The van der Waals surface area contributed by atoms with Crippen LogP contribution in [0.5, 0.6) is 5.75 Å². The number of aliphatic hydroxyl groups excluding tert-OH is 3. The SMILES string of the molecule is CC(N)S(=O)(=O)C(C)O.CCN(C(=O)OCc1ccc(OC)cc1)S(=O)(=O)CCO.CCO. The van der Waals surface area contributed by atoms with E-state index in [1.165, 1.54) is 20.8 Å². The Labute approximate surface area is 195 Å². The molecule has 12 nitrogen and oxygen atoms in total. The molecule has 0 fully saturated rings. The molecule has 0 saturated carbocycles. The minimum atomic E-state index is -3.85. The molecule has 1 aromatic carbocycles. The van der Waals surface area contributed by atoms with Crippen LogP contribution in [0.25, 0.3) is 0 Å². The highest BCUT2D eigenvalue weighted by atomic mass is 32.2. The van der Waals surface area contributed by atoms with E-state index in [9.17, 15) is 21.6 Å². The molecule has 0 aliphatic heterocycles. The highest BCUT2D eigenvalue weighted by Crippen LogP contribution is 2.13. The summed E-state index contributed by atoms with van der Waals surface area (Å²) in [5.74, 6) is 0.157. The topological polar surface area (TPSA) is 194 Å². The van der Waals surface area contributed by atoms with Crippen molar-refractivity contribution in [2.24, 2.45) is 5.73 Å². The first-order valence-electron chi connectivity index (χ1n) is 9.93. The number of carbonyl (C=O) groups excluding carboxylic acids is 1. The van der Waals surface area contributed by atoms with Gasteiger partial charge in [0, 0.05) is 13.2 Å². The number of benzene rings is 1. The van der Waals surface area contributed by atoms with Gasteiger partial charge in [-0.3, -0.25) is 0 Å². The van der Waals surface area contributed by atoms with E-state index in [0.29, 0.717) is 15.6 Å². The molecule has 0 bridgehead atoms. The van der Waals surface area contributed by atoms with Crippen LogP contribution in [0, 0.1) is 0 Å². The van der Waals surface area contributed by atoms with E-state index < -0.39 is 49.1 Å². The van der Waals surface area contributed by atoms with Crippen LogP contribution < -0.4 is 10.5 Å². The first-order chi connectivity index (χ1) is 15.2. The maximum absolute atomic E-state index is 11.8. The Hall–Kier alpha value is -1.97. The highest BCUT2D eigenvalue weighted by molar-refractivity contribution is 7.92. The zero-order valence-electron chi connectivity index (χ0n) is 19.5. The summed E-state index contributed by atoms with van der Waals surface area (Å²) in [5.41, 5.74) is 4.37. The van der Waals surface area contributed by atoms with E-state index in [0.717, 1.165) is 0 Å². The molecule has 1 rings (SSSR count). The summed E-state index contributed by atoms with van der Waals surface area (Å²) in [4.78, 5) is 11.8. The molecular formula is C19H36N2O10S2. The zero-order chi connectivity index (χ0) is 26.2. The van der Waals surface area contributed by atoms with Crippen molar-refractivity contribution in [1.29, 1.82) is 0 Å². The second kappa shape index (κ2) is 16.6. The van der Waals surface area contributed by atoms with Crippen LogP contribution in [0.3, 0.4) is 0 Å². The minimum absolute atomic E-state index is 0.0476. The molecule has 0 heterocycles. The predicted molar refractivity (Wildman–Crippen MR) is 123 cm³/mol. The number of hydrogen-bond acceptors (Lipinski definition) is 11. The number of nitrogens with zero attached hydrogens (tertiary/aromatic N) is 1. The van der Waals surface area contributed by atoms with Crippen molar-refractivity contribution in [1.82, 2.24) is 4.31 Å². The standard InChI is InChI=1S/C13H19NO6S.C4H11NO3S.C2H6O/c1-3-14(21(17,18)9-8-15)13(16)20-10-11-4-6-12(19-2)7-5-11;1-3(5)9(7,8)4(2)6;1-2-3/h4-7,15H,3,8-10H2,1-2H3;3-4,6H,5H2,1-2H3;3H,2H2,1H3. The van der Waals surface area contributed by atoms with Gasteiger partial charge in [-0.2, -0.15) is 0 Å². The molecule has 0 spiro atoms. The molecule has 0 saturated heterocycles. The Morgan fingerprint density at radius 3 is 1.88 bits per heavy atom. The summed E-state index contributed by atoms with van der Waals surface area (Å²) in [5, 5.41) is 23.9. The van der Waals surface area contributed by atoms with E-state index in [1.807, 2.05) is 0 Å². The fourth-order valence-corrected chi connectivity index (χ4v) is 3.66. The van der Waals surface area contributed by atoms with Crippen molar-refractivity contribution in [3.05, 3.63) is 29.8 Å². The van der Waals surface area contributed by atoms with Crippen molar-refractivity contribution in [3.63, 3.8) is 0 Å². The van der Waals surface area contributed by atoms with Crippen LogP contribution >= 0.6 is 0 Å². The maximum Gasteiger partial charge on any atom is 0.423 e. The first kappa shape index (κ1) is 33.2. The van der Waals surface area contributed by atoms with Gasteiger partial charge in [-0.25, -0.2) is 25.9 Å². The molecule has 0 aliphatic carbocycles. The number of carbonyl (C=O) groups is 1. The van der Waals surface area contributed by atoms with Crippen LogP contribution in [-0.2, 0) is 31.2 Å². The average molecular weight is 517 g/mol. The first-order valence-corrected chi connectivity index (χ1v) is 13.1. The summed E-state index contributed by atoms with van der Waals surface area (Å²) >= 11 is 0. The molecule has 33 heavy (non-hydrogen) atoms. The van der Waals surface area contributed by atoms with Gasteiger partial charge in [0.25, 0.3) is 0 Å². The Morgan fingerprint density at radius 1 is 1.09 bits per heavy atom.